The summed E-state index contributed by atoms with van der Waals surface area (Å²) < 4.78 is 2.75. The summed E-state index contributed by atoms with van der Waals surface area (Å²) in [7, 11) is 0. The van der Waals surface area contributed by atoms with Crippen LogP contribution in [0.1, 0.15) is 20.3 Å². The number of amides is 1. The Bertz CT molecular complexity index is 318. The van der Waals surface area contributed by atoms with Gasteiger partial charge in [0.1, 0.15) is 12.3 Å². The van der Waals surface area contributed by atoms with Crippen LogP contribution in [0, 0.1) is 5.92 Å². The monoisotopic (exact) mass is 512 g/mol. The molecule has 0 aliphatic rings. The van der Waals surface area contributed by atoms with Crippen LogP contribution < -0.4 is 8.85 Å². The second kappa shape index (κ2) is 11.3. The largest absolute Gasteiger partial charge is 0.344 e. The highest BCUT2D eigenvalue weighted by atomic mass is 127. The van der Waals surface area contributed by atoms with Crippen molar-refractivity contribution in [3.63, 3.8) is 0 Å². The fraction of sp³-hybridized carbons (Fsp3) is 0.727. The molecular weight excluding hydrogens is 494 g/mol. The minimum Gasteiger partial charge on any atom is -0.344 e. The third-order valence-electron chi connectivity index (χ3n) is 2.61. The van der Waals surface area contributed by atoms with E-state index in [1.807, 2.05) is 36.7 Å². The molecule has 0 heterocycles. The van der Waals surface area contributed by atoms with Gasteiger partial charge < -0.3 is 10.1 Å². The van der Waals surface area contributed by atoms with Gasteiger partial charge in [-0.3, -0.25) is 13.1 Å². The summed E-state index contributed by atoms with van der Waals surface area (Å²) in [6.07, 6.45) is 1.65. The van der Waals surface area contributed by atoms with E-state index in [4.69, 9.17) is 0 Å². The van der Waals surface area contributed by atoms with Crippen LogP contribution in [-0.4, -0.2) is 39.6 Å². The van der Waals surface area contributed by atoms with E-state index >= 15 is 0 Å². The lowest BCUT2D eigenvalue weighted by atomic mass is 10.0. The number of halogens is 2. The molecule has 0 saturated carbocycles. The summed E-state index contributed by atoms with van der Waals surface area (Å²) in [6, 6.07) is -0.682. The van der Waals surface area contributed by atoms with Crippen LogP contribution in [-0.2, 0) is 14.4 Å². The van der Waals surface area contributed by atoms with Gasteiger partial charge in [0.05, 0.1) is 11.8 Å². The Morgan fingerprint density at radius 1 is 1.42 bits per heavy atom. The fourth-order valence-electron chi connectivity index (χ4n) is 1.25. The molecule has 0 bridgehead atoms. The van der Waals surface area contributed by atoms with E-state index < -0.39 is 6.04 Å². The van der Waals surface area contributed by atoms with E-state index in [1.165, 1.54) is 11.8 Å². The maximum atomic E-state index is 11.7. The summed E-state index contributed by atoms with van der Waals surface area (Å²) in [5, 5.41) is 2.75. The van der Waals surface area contributed by atoms with Crippen molar-refractivity contribution in [2.45, 2.75) is 32.4 Å². The first-order chi connectivity index (χ1) is 8.96. The van der Waals surface area contributed by atoms with Crippen LogP contribution in [0.15, 0.2) is 0 Å². The van der Waals surface area contributed by atoms with Crippen LogP contribution in [0.3, 0.4) is 0 Å². The molecule has 0 aliphatic heterocycles. The minimum atomic E-state index is -0.428. The molecule has 19 heavy (non-hydrogen) atoms. The van der Waals surface area contributed by atoms with Gasteiger partial charge in [-0.15, -0.1) is 11.8 Å². The van der Waals surface area contributed by atoms with Gasteiger partial charge in [0, 0.05) is 51.2 Å². The maximum Gasteiger partial charge on any atom is 0.230 e. The highest BCUT2D eigenvalue weighted by Gasteiger charge is 2.23. The fourth-order valence-corrected chi connectivity index (χ4v) is 3.49. The number of rotatable bonds is 10. The van der Waals surface area contributed by atoms with Gasteiger partial charge >= 0.3 is 0 Å². The van der Waals surface area contributed by atoms with Crippen LogP contribution in [0.5, 0.6) is 0 Å². The molecule has 0 spiro atoms. The maximum absolute atomic E-state index is 11.7. The van der Waals surface area contributed by atoms with E-state index in [1.54, 1.807) is 22.6 Å². The Hall–Kier alpha value is 0.580. The zero-order chi connectivity index (χ0) is 14.8. The molecule has 2 N–H and O–H groups in total. The molecule has 0 saturated heterocycles. The molecule has 0 rings (SSSR count). The van der Waals surface area contributed by atoms with Crippen molar-refractivity contribution in [1.82, 2.24) is 8.85 Å². The predicted molar refractivity (Wildman–Crippen MR) is 94.7 cm³/mol. The molecule has 5 nitrogen and oxygen atoms in total. The van der Waals surface area contributed by atoms with Crippen molar-refractivity contribution in [3.05, 3.63) is 0 Å². The molecule has 0 aromatic rings. The minimum absolute atomic E-state index is 0.0509. The van der Waals surface area contributed by atoms with Crippen LogP contribution in [0.4, 0.5) is 0 Å². The highest BCUT2D eigenvalue weighted by molar-refractivity contribution is 14.1. The van der Waals surface area contributed by atoms with E-state index in [-0.39, 0.29) is 27.4 Å². The third-order valence-corrected chi connectivity index (χ3v) is 5.14. The van der Waals surface area contributed by atoms with Gasteiger partial charge in [0.15, 0.2) is 0 Å². The summed E-state index contributed by atoms with van der Waals surface area (Å²) in [4.78, 5) is 33.8. The predicted octanol–water partition coefficient (Wildman–Crippen LogP) is 1.72. The third kappa shape index (κ3) is 8.45. The highest BCUT2D eigenvalue weighted by Crippen LogP contribution is 2.12. The first kappa shape index (κ1) is 19.6. The Morgan fingerprint density at radius 3 is 2.47 bits per heavy atom. The molecule has 3 atom stereocenters. The van der Waals surface area contributed by atoms with Crippen molar-refractivity contribution < 1.29 is 14.4 Å². The molecule has 0 aliphatic carbocycles. The zero-order valence-corrected chi connectivity index (χ0v) is 16.0. The zero-order valence-electron chi connectivity index (χ0n) is 10.8. The van der Waals surface area contributed by atoms with Crippen molar-refractivity contribution in [2.75, 3.05) is 11.5 Å². The van der Waals surface area contributed by atoms with Crippen molar-refractivity contribution in [2.24, 2.45) is 5.92 Å². The Morgan fingerprint density at radius 2 is 2.05 bits per heavy atom. The lowest BCUT2D eigenvalue weighted by molar-refractivity contribution is -0.123. The van der Waals surface area contributed by atoms with E-state index in [2.05, 4.69) is 8.85 Å². The number of hydrogen-bond donors (Lipinski definition) is 2. The standard InChI is InChI=1S/C11H18I2N2O3S/c1-3-7(2)10(11(12)18)14-9(17)6-19-5-8(4-16)15-13/h4,7-8,10,15H,3,5-6H2,1-2H3,(H,14,17)/t7-,8+,10-/m0/s1. The SMILES string of the molecule is CC[C@H](C)[C@H](NC(=O)CSC[C@@H](C=O)NI)C(=O)I. The molecule has 0 aromatic carbocycles. The molecule has 0 unspecified atom stereocenters. The second-order valence-electron chi connectivity index (χ2n) is 4.10. The quantitative estimate of drug-likeness (QED) is 0.202. The van der Waals surface area contributed by atoms with Crippen molar-refractivity contribution in [1.29, 1.82) is 0 Å². The van der Waals surface area contributed by atoms with Gasteiger partial charge in [-0.2, -0.15) is 0 Å². The number of nitrogens with one attached hydrogen (secondary N) is 2. The molecule has 110 valence electrons. The number of thioether (sulfide) groups is 1. The van der Waals surface area contributed by atoms with Gasteiger partial charge in [-0.1, -0.05) is 20.3 Å². The number of aldehydes is 1. The molecule has 0 fully saturated rings. The summed E-state index contributed by atoms with van der Waals surface area (Å²) in [6.45, 7) is 3.93. The van der Waals surface area contributed by atoms with Gasteiger partial charge in [-0.25, -0.2) is 0 Å². The summed E-state index contributed by atoms with van der Waals surface area (Å²) in [5.41, 5.74) is 0. The number of carbonyl (C=O) groups excluding carboxylic acids is 3. The van der Waals surface area contributed by atoms with E-state index in [0.717, 1.165) is 12.7 Å². The lowest BCUT2D eigenvalue weighted by Gasteiger charge is -2.20. The van der Waals surface area contributed by atoms with Crippen molar-refractivity contribution in [3.8, 4) is 0 Å². The normalized spacial score (nSPS) is 15.4. The average Bonchev–Trinajstić information content (AvgIpc) is 2.39. The van der Waals surface area contributed by atoms with Gasteiger partial charge in [0.2, 0.25) is 9.70 Å². The van der Waals surface area contributed by atoms with Crippen LogP contribution >= 0.6 is 57.2 Å². The topological polar surface area (TPSA) is 75.3 Å². The van der Waals surface area contributed by atoms with Crippen LogP contribution in [0.2, 0.25) is 0 Å². The molecule has 1 amide bonds. The smallest absolute Gasteiger partial charge is 0.230 e. The first-order valence-electron chi connectivity index (χ1n) is 5.84. The van der Waals surface area contributed by atoms with E-state index in [9.17, 15) is 14.4 Å². The Balaban J connectivity index is 4.14. The summed E-state index contributed by atoms with van der Waals surface area (Å²) >= 11 is 4.99. The van der Waals surface area contributed by atoms with Gasteiger partial charge in [0.25, 0.3) is 0 Å². The number of hydrogen-bond acceptors (Lipinski definition) is 5. The van der Waals surface area contributed by atoms with Crippen LogP contribution in [0.25, 0.3) is 0 Å². The van der Waals surface area contributed by atoms with E-state index in [0.29, 0.717) is 5.75 Å². The molecule has 8 heteroatoms. The molecule has 0 aromatic heterocycles. The van der Waals surface area contributed by atoms with Gasteiger partial charge in [-0.05, 0) is 5.92 Å². The second-order valence-corrected chi connectivity index (χ2v) is 6.82. The molecule has 0 radical (unpaired) electrons. The van der Waals surface area contributed by atoms with Crippen molar-refractivity contribution >= 4 is 73.2 Å². The number of carbonyl (C=O) groups is 3. The molecular formula is C11H18I2N2O3S. The first-order valence-corrected chi connectivity index (χ1v) is 9.15. The lowest BCUT2D eigenvalue weighted by Crippen LogP contribution is -2.44. The Kier molecular flexibility index (Phi) is 11.6. The Labute approximate surface area is 145 Å². The summed E-state index contributed by atoms with van der Waals surface area (Å²) in [5.74, 6) is 0.737. The average molecular weight is 512 g/mol.